The summed E-state index contributed by atoms with van der Waals surface area (Å²) in [7, 11) is 0. The van der Waals surface area contributed by atoms with E-state index in [0.717, 1.165) is 12.8 Å². The molecule has 0 aliphatic carbocycles. The summed E-state index contributed by atoms with van der Waals surface area (Å²) in [5.41, 5.74) is 4.98. The lowest BCUT2D eigenvalue weighted by atomic mass is 10.00. The Hall–Kier alpha value is -1.10. The minimum absolute atomic E-state index is 0.0160. The Bertz CT molecular complexity index is 289. The lowest BCUT2D eigenvalue weighted by molar-refractivity contribution is -0.137. The number of hydrogen-bond donors (Lipinski definition) is 2. The van der Waals surface area contributed by atoms with E-state index in [4.69, 9.17) is 5.73 Å². The molecule has 0 aromatic heterocycles. The third-order valence-electron chi connectivity index (χ3n) is 3.02. The van der Waals surface area contributed by atoms with Gasteiger partial charge in [0.2, 0.25) is 11.8 Å². The molecule has 0 atom stereocenters. The highest BCUT2D eigenvalue weighted by Crippen LogP contribution is 2.14. The van der Waals surface area contributed by atoms with Crippen LogP contribution in [-0.2, 0) is 9.59 Å². The first-order valence-electron chi connectivity index (χ1n) is 6.22. The molecule has 1 rings (SSSR count). The molecule has 0 saturated carbocycles. The SMILES string of the molecule is CCC(=O)NC1CCN(C(=O)C(C)(C)N)CC1. The van der Waals surface area contributed by atoms with Gasteiger partial charge in [0.25, 0.3) is 0 Å². The Labute approximate surface area is 103 Å². The smallest absolute Gasteiger partial charge is 0.242 e. The zero-order valence-corrected chi connectivity index (χ0v) is 11.0. The van der Waals surface area contributed by atoms with Crippen molar-refractivity contribution in [3.05, 3.63) is 0 Å². The van der Waals surface area contributed by atoms with Gasteiger partial charge in [0.05, 0.1) is 5.54 Å². The first-order chi connectivity index (χ1) is 7.84. The van der Waals surface area contributed by atoms with E-state index in [1.165, 1.54) is 0 Å². The van der Waals surface area contributed by atoms with Gasteiger partial charge in [-0.2, -0.15) is 0 Å². The highest BCUT2D eigenvalue weighted by Gasteiger charge is 2.30. The number of carbonyl (C=O) groups is 2. The molecular formula is C12H23N3O2. The predicted molar refractivity (Wildman–Crippen MR) is 66.3 cm³/mol. The Morgan fingerprint density at radius 2 is 1.88 bits per heavy atom. The third kappa shape index (κ3) is 4.00. The van der Waals surface area contributed by atoms with Gasteiger partial charge in [-0.15, -0.1) is 0 Å². The zero-order valence-electron chi connectivity index (χ0n) is 11.0. The molecule has 0 spiro atoms. The minimum Gasteiger partial charge on any atom is -0.353 e. The lowest BCUT2D eigenvalue weighted by Crippen LogP contribution is -2.55. The van der Waals surface area contributed by atoms with Crippen molar-refractivity contribution in [2.75, 3.05) is 13.1 Å². The van der Waals surface area contributed by atoms with Crippen molar-refractivity contribution in [3.63, 3.8) is 0 Å². The molecule has 3 N–H and O–H groups in total. The number of hydrogen-bond acceptors (Lipinski definition) is 3. The first-order valence-corrected chi connectivity index (χ1v) is 6.22. The van der Waals surface area contributed by atoms with E-state index in [1.54, 1.807) is 18.7 Å². The first kappa shape index (κ1) is 14.0. The lowest BCUT2D eigenvalue weighted by Gasteiger charge is -2.35. The summed E-state index contributed by atoms with van der Waals surface area (Å²) in [5, 5.41) is 2.96. The molecule has 1 heterocycles. The maximum Gasteiger partial charge on any atom is 0.242 e. The van der Waals surface area contributed by atoms with Gasteiger partial charge in [0.15, 0.2) is 0 Å². The Morgan fingerprint density at radius 1 is 1.35 bits per heavy atom. The van der Waals surface area contributed by atoms with Crippen molar-refractivity contribution in [1.29, 1.82) is 0 Å². The molecule has 1 aliphatic rings. The van der Waals surface area contributed by atoms with Gasteiger partial charge in [0.1, 0.15) is 0 Å². The highest BCUT2D eigenvalue weighted by molar-refractivity contribution is 5.85. The van der Waals surface area contributed by atoms with Gasteiger partial charge < -0.3 is 16.0 Å². The Morgan fingerprint density at radius 3 is 2.29 bits per heavy atom. The maximum atomic E-state index is 11.9. The molecule has 0 aromatic carbocycles. The molecular weight excluding hydrogens is 218 g/mol. The molecule has 2 amide bonds. The van der Waals surface area contributed by atoms with Gasteiger partial charge in [-0.1, -0.05) is 6.92 Å². The quantitative estimate of drug-likeness (QED) is 0.743. The molecule has 1 saturated heterocycles. The van der Waals surface area contributed by atoms with E-state index in [9.17, 15) is 9.59 Å². The second-order valence-electron chi connectivity index (χ2n) is 5.21. The molecule has 17 heavy (non-hydrogen) atoms. The Balaban J connectivity index is 2.41. The number of piperidine rings is 1. The number of likely N-dealkylation sites (tertiary alicyclic amines) is 1. The molecule has 98 valence electrons. The standard InChI is InChI=1S/C12H23N3O2/c1-4-10(16)14-9-5-7-15(8-6-9)11(17)12(2,3)13/h9H,4-8,13H2,1-3H3,(H,14,16). The van der Waals surface area contributed by atoms with E-state index in [1.807, 2.05) is 6.92 Å². The largest absolute Gasteiger partial charge is 0.353 e. The van der Waals surface area contributed by atoms with E-state index in [2.05, 4.69) is 5.32 Å². The van der Waals surface area contributed by atoms with Crippen LogP contribution >= 0.6 is 0 Å². The van der Waals surface area contributed by atoms with Gasteiger partial charge in [-0.05, 0) is 26.7 Å². The molecule has 0 radical (unpaired) electrons. The summed E-state index contributed by atoms with van der Waals surface area (Å²) in [6, 6.07) is 0.201. The second-order valence-corrected chi connectivity index (χ2v) is 5.21. The van der Waals surface area contributed by atoms with E-state index in [0.29, 0.717) is 19.5 Å². The van der Waals surface area contributed by atoms with Crippen molar-refractivity contribution in [1.82, 2.24) is 10.2 Å². The Kier molecular flexibility index (Phi) is 4.51. The van der Waals surface area contributed by atoms with Gasteiger partial charge >= 0.3 is 0 Å². The average molecular weight is 241 g/mol. The van der Waals surface area contributed by atoms with Gasteiger partial charge in [-0.3, -0.25) is 9.59 Å². The highest BCUT2D eigenvalue weighted by atomic mass is 16.2. The molecule has 5 heteroatoms. The van der Waals surface area contributed by atoms with Crippen LogP contribution in [0.15, 0.2) is 0 Å². The van der Waals surface area contributed by atoms with Crippen LogP contribution in [0.25, 0.3) is 0 Å². The molecule has 0 bridgehead atoms. The van der Waals surface area contributed by atoms with E-state index >= 15 is 0 Å². The summed E-state index contributed by atoms with van der Waals surface area (Å²) >= 11 is 0. The monoisotopic (exact) mass is 241 g/mol. The van der Waals surface area contributed by atoms with E-state index < -0.39 is 5.54 Å². The topological polar surface area (TPSA) is 75.4 Å². The minimum atomic E-state index is -0.806. The molecule has 1 aliphatic heterocycles. The van der Waals surface area contributed by atoms with Crippen molar-refractivity contribution < 1.29 is 9.59 Å². The number of nitrogens with one attached hydrogen (secondary N) is 1. The number of amides is 2. The van der Waals surface area contributed by atoms with Crippen LogP contribution in [0.5, 0.6) is 0 Å². The zero-order chi connectivity index (χ0) is 13.1. The second kappa shape index (κ2) is 5.49. The van der Waals surface area contributed by atoms with Crippen molar-refractivity contribution in [3.8, 4) is 0 Å². The fourth-order valence-electron chi connectivity index (χ4n) is 1.96. The van der Waals surface area contributed by atoms with Crippen LogP contribution in [0, 0.1) is 0 Å². The summed E-state index contributed by atoms with van der Waals surface area (Å²) in [5.74, 6) is 0.0618. The molecule has 0 unspecified atom stereocenters. The number of nitrogens with zero attached hydrogens (tertiary/aromatic N) is 1. The predicted octanol–water partition coefficient (Wildman–Crippen LogP) is 0.241. The van der Waals surface area contributed by atoms with Gasteiger partial charge in [-0.25, -0.2) is 0 Å². The number of rotatable bonds is 3. The summed E-state index contributed by atoms with van der Waals surface area (Å²) < 4.78 is 0. The van der Waals surface area contributed by atoms with Crippen LogP contribution in [0.2, 0.25) is 0 Å². The van der Waals surface area contributed by atoms with Crippen LogP contribution in [-0.4, -0.2) is 41.4 Å². The fraction of sp³-hybridized carbons (Fsp3) is 0.833. The van der Waals surface area contributed by atoms with Crippen molar-refractivity contribution in [2.45, 2.75) is 51.6 Å². The normalized spacial score (nSPS) is 18.0. The summed E-state index contributed by atoms with van der Waals surface area (Å²) in [6.07, 6.45) is 2.14. The van der Waals surface area contributed by atoms with Crippen LogP contribution < -0.4 is 11.1 Å². The number of nitrogens with two attached hydrogens (primary N) is 1. The summed E-state index contributed by atoms with van der Waals surface area (Å²) in [4.78, 5) is 24.9. The maximum absolute atomic E-state index is 11.9. The summed E-state index contributed by atoms with van der Waals surface area (Å²) in [6.45, 7) is 6.63. The fourth-order valence-corrected chi connectivity index (χ4v) is 1.96. The van der Waals surface area contributed by atoms with Crippen LogP contribution in [0.4, 0.5) is 0 Å². The molecule has 5 nitrogen and oxygen atoms in total. The molecule has 0 aromatic rings. The van der Waals surface area contributed by atoms with Crippen LogP contribution in [0.3, 0.4) is 0 Å². The van der Waals surface area contributed by atoms with Gasteiger partial charge in [0, 0.05) is 25.6 Å². The van der Waals surface area contributed by atoms with E-state index in [-0.39, 0.29) is 17.9 Å². The molecule has 1 fully saturated rings. The average Bonchev–Trinajstić information content (AvgIpc) is 2.27. The van der Waals surface area contributed by atoms with Crippen molar-refractivity contribution >= 4 is 11.8 Å². The third-order valence-corrected chi connectivity index (χ3v) is 3.02. The van der Waals surface area contributed by atoms with Crippen LogP contribution in [0.1, 0.15) is 40.0 Å². The number of carbonyl (C=O) groups excluding carboxylic acids is 2. The van der Waals surface area contributed by atoms with Crippen molar-refractivity contribution in [2.24, 2.45) is 5.73 Å².